The van der Waals surface area contributed by atoms with Gasteiger partial charge >= 0.3 is 6.09 Å². The normalized spacial score (nSPS) is 15.4. The quantitative estimate of drug-likeness (QED) is 0.426. The van der Waals surface area contributed by atoms with Crippen molar-refractivity contribution in [3.8, 4) is 11.5 Å². The lowest BCUT2D eigenvalue weighted by molar-refractivity contribution is -0.123. The molecule has 0 spiro atoms. The van der Waals surface area contributed by atoms with Gasteiger partial charge in [0.15, 0.2) is 11.5 Å². The molecule has 0 aromatic heterocycles. The van der Waals surface area contributed by atoms with E-state index in [2.05, 4.69) is 15.4 Å². The van der Waals surface area contributed by atoms with Gasteiger partial charge in [-0.15, -0.1) is 0 Å². The highest BCUT2D eigenvalue weighted by Crippen LogP contribution is 2.32. The molecule has 3 N–H and O–H groups in total. The van der Waals surface area contributed by atoms with Crippen molar-refractivity contribution in [2.24, 2.45) is 11.8 Å². The van der Waals surface area contributed by atoms with Crippen molar-refractivity contribution in [3.05, 3.63) is 18.2 Å². The van der Waals surface area contributed by atoms with Crippen LogP contribution in [0, 0.1) is 11.8 Å². The fourth-order valence-electron chi connectivity index (χ4n) is 3.47. The highest BCUT2D eigenvalue weighted by Gasteiger charge is 2.30. The average Bonchev–Trinajstić information content (AvgIpc) is 3.00. The highest BCUT2D eigenvalue weighted by atomic mass is 32.2. The van der Waals surface area contributed by atoms with Gasteiger partial charge in [0.05, 0.1) is 24.7 Å². The van der Waals surface area contributed by atoms with Gasteiger partial charge in [0.25, 0.3) is 0 Å². The minimum atomic E-state index is -4.01. The zero-order valence-corrected chi connectivity index (χ0v) is 21.4. The second-order valence-corrected chi connectivity index (χ2v) is 10.7. The van der Waals surface area contributed by atoms with Crippen molar-refractivity contribution in [1.82, 2.24) is 15.4 Å². The second kappa shape index (κ2) is 12.8. The first-order valence-electron chi connectivity index (χ1n) is 11.7. The molecular weight excluding hydrogens is 462 g/mol. The Morgan fingerprint density at radius 1 is 1.09 bits per heavy atom. The number of carbonyl (C=O) groups excluding carboxylic acids is 2. The first kappa shape index (κ1) is 27.7. The summed E-state index contributed by atoms with van der Waals surface area (Å²) >= 11 is 0. The number of sulfonamides is 1. The second-order valence-electron chi connectivity index (χ2n) is 8.94. The van der Waals surface area contributed by atoms with Crippen molar-refractivity contribution < 1.29 is 32.2 Å². The van der Waals surface area contributed by atoms with Crippen molar-refractivity contribution in [3.63, 3.8) is 0 Å². The number of benzene rings is 1. The van der Waals surface area contributed by atoms with Crippen LogP contribution in [0.3, 0.4) is 0 Å². The molecular formula is C23H37N3O7S. The van der Waals surface area contributed by atoms with Crippen LogP contribution < -0.4 is 24.8 Å². The monoisotopic (exact) mass is 499 g/mol. The topological polar surface area (TPSA) is 132 Å². The zero-order chi connectivity index (χ0) is 25.3. The van der Waals surface area contributed by atoms with Crippen molar-refractivity contribution >= 4 is 22.0 Å². The molecule has 0 aliphatic carbocycles. The van der Waals surface area contributed by atoms with Gasteiger partial charge in [-0.05, 0) is 37.3 Å². The summed E-state index contributed by atoms with van der Waals surface area (Å²) in [5.74, 6) is 0.305. The zero-order valence-electron chi connectivity index (χ0n) is 20.6. The first-order valence-corrected chi connectivity index (χ1v) is 13.1. The third-order valence-electron chi connectivity index (χ3n) is 5.14. The SMILES string of the molecule is CCOC(=O)NC(CNC(=O)C(NS(=O)(=O)c1ccc2c(c1)OCCCO2)C(C)C)CC(C)C. The van der Waals surface area contributed by atoms with Gasteiger partial charge in [0.2, 0.25) is 15.9 Å². The Bertz CT molecular complexity index is 934. The van der Waals surface area contributed by atoms with Crippen LogP contribution in [0.25, 0.3) is 0 Å². The number of amides is 2. The van der Waals surface area contributed by atoms with Gasteiger partial charge in [-0.25, -0.2) is 13.2 Å². The predicted octanol–water partition coefficient (Wildman–Crippen LogP) is 2.43. The molecule has 0 fully saturated rings. The number of alkyl carbamates (subject to hydrolysis) is 1. The van der Waals surface area contributed by atoms with Crippen LogP contribution in [0.4, 0.5) is 4.79 Å². The minimum absolute atomic E-state index is 0.0168. The third kappa shape index (κ3) is 8.35. The summed E-state index contributed by atoms with van der Waals surface area (Å²) in [5.41, 5.74) is 0. The number of hydrogen-bond acceptors (Lipinski definition) is 7. The molecule has 2 amide bonds. The maximum Gasteiger partial charge on any atom is 0.407 e. The highest BCUT2D eigenvalue weighted by molar-refractivity contribution is 7.89. The van der Waals surface area contributed by atoms with E-state index in [0.717, 1.165) is 0 Å². The number of fused-ring (bicyclic) bond motifs is 1. The summed E-state index contributed by atoms with van der Waals surface area (Å²) in [6.45, 7) is 10.5. The maximum absolute atomic E-state index is 13.1. The van der Waals surface area contributed by atoms with Gasteiger partial charge in [-0.1, -0.05) is 27.7 Å². The van der Waals surface area contributed by atoms with Gasteiger partial charge in [0.1, 0.15) is 6.04 Å². The fourth-order valence-corrected chi connectivity index (χ4v) is 4.83. The molecule has 1 aliphatic heterocycles. The number of nitrogens with one attached hydrogen (secondary N) is 3. The largest absolute Gasteiger partial charge is 0.490 e. The third-order valence-corrected chi connectivity index (χ3v) is 6.58. The van der Waals surface area contributed by atoms with Crippen LogP contribution in [0.2, 0.25) is 0 Å². The van der Waals surface area contributed by atoms with E-state index >= 15 is 0 Å². The summed E-state index contributed by atoms with van der Waals surface area (Å²) in [6.07, 6.45) is 0.764. The standard InChI is InChI=1S/C23H37N3O7S/c1-6-31-23(28)25-17(12-15(2)3)14-24-22(27)21(16(4)5)26-34(29,30)18-8-9-19-20(13-18)33-11-7-10-32-19/h8-9,13,15-17,21,26H,6-7,10-12,14H2,1-5H3,(H,24,27)(H,25,28). The Hall–Kier alpha value is -2.53. The molecule has 11 heteroatoms. The molecule has 0 bridgehead atoms. The van der Waals surface area contributed by atoms with E-state index in [0.29, 0.717) is 37.6 Å². The summed E-state index contributed by atoms with van der Waals surface area (Å²) < 4.78 is 44.7. The number of carbonyl (C=O) groups is 2. The first-order chi connectivity index (χ1) is 16.0. The molecule has 1 aromatic rings. The van der Waals surface area contributed by atoms with Gasteiger partial charge in [-0.2, -0.15) is 4.72 Å². The van der Waals surface area contributed by atoms with Crippen LogP contribution >= 0.6 is 0 Å². The van der Waals surface area contributed by atoms with E-state index in [9.17, 15) is 18.0 Å². The predicted molar refractivity (Wildman–Crippen MR) is 127 cm³/mol. The molecule has 2 atom stereocenters. The van der Waals surface area contributed by atoms with Crippen molar-refractivity contribution in [2.75, 3.05) is 26.4 Å². The Morgan fingerprint density at radius 3 is 2.38 bits per heavy atom. The number of hydrogen-bond donors (Lipinski definition) is 3. The van der Waals surface area contributed by atoms with E-state index in [1.807, 2.05) is 13.8 Å². The Morgan fingerprint density at radius 2 is 1.76 bits per heavy atom. The summed E-state index contributed by atoms with van der Waals surface area (Å²) in [6, 6.07) is 3.02. The van der Waals surface area contributed by atoms with Crippen molar-refractivity contribution in [2.45, 2.75) is 64.4 Å². The smallest absolute Gasteiger partial charge is 0.407 e. The van der Waals surface area contributed by atoms with Gasteiger partial charge in [0, 0.05) is 25.1 Å². The average molecular weight is 500 g/mol. The minimum Gasteiger partial charge on any atom is -0.490 e. The van der Waals surface area contributed by atoms with Crippen LogP contribution in [0.5, 0.6) is 11.5 Å². The van der Waals surface area contributed by atoms with Gasteiger partial charge < -0.3 is 24.8 Å². The molecule has 10 nitrogen and oxygen atoms in total. The summed E-state index contributed by atoms with van der Waals surface area (Å²) in [4.78, 5) is 24.8. The fraction of sp³-hybridized carbons (Fsp3) is 0.652. The lowest BCUT2D eigenvalue weighted by Gasteiger charge is -2.25. The molecule has 0 saturated heterocycles. The molecule has 0 saturated carbocycles. The molecule has 0 radical (unpaired) electrons. The molecule has 2 unspecified atom stereocenters. The molecule has 192 valence electrons. The van der Waals surface area contributed by atoms with Crippen LogP contribution in [0.15, 0.2) is 23.1 Å². The lowest BCUT2D eigenvalue weighted by Crippen LogP contribution is -2.52. The van der Waals surface area contributed by atoms with E-state index in [-0.39, 0.29) is 35.9 Å². The Balaban J connectivity index is 2.10. The molecule has 34 heavy (non-hydrogen) atoms. The van der Waals surface area contributed by atoms with Crippen LogP contribution in [0.1, 0.15) is 47.5 Å². The van der Waals surface area contributed by atoms with Gasteiger partial charge in [-0.3, -0.25) is 4.79 Å². The van der Waals surface area contributed by atoms with Crippen LogP contribution in [-0.2, 0) is 19.6 Å². The van der Waals surface area contributed by atoms with E-state index in [4.69, 9.17) is 14.2 Å². The van der Waals surface area contributed by atoms with Crippen molar-refractivity contribution in [1.29, 1.82) is 0 Å². The van der Waals surface area contributed by atoms with E-state index < -0.39 is 28.1 Å². The number of ether oxygens (including phenoxy) is 3. The molecule has 2 rings (SSSR count). The Labute approximate surface area is 202 Å². The van der Waals surface area contributed by atoms with E-state index in [1.165, 1.54) is 12.1 Å². The number of rotatable bonds is 11. The van der Waals surface area contributed by atoms with E-state index in [1.54, 1.807) is 26.8 Å². The molecule has 1 aliphatic rings. The maximum atomic E-state index is 13.1. The summed E-state index contributed by atoms with van der Waals surface area (Å²) in [7, 11) is -4.01. The lowest BCUT2D eigenvalue weighted by atomic mass is 10.0. The summed E-state index contributed by atoms with van der Waals surface area (Å²) in [5, 5.41) is 5.51. The Kier molecular flexibility index (Phi) is 10.4. The molecule has 1 aromatic carbocycles. The van der Waals surface area contributed by atoms with Crippen LogP contribution in [-0.4, -0.2) is 58.9 Å². The molecule has 1 heterocycles.